The maximum absolute atomic E-state index is 13.8. The third-order valence-corrected chi connectivity index (χ3v) is 16.5. The minimum Gasteiger partial charge on any atom is -0.302 e. The standard InChI is InChI=1S/C17H14N2.C14H16N2.C12H10F2N2.C12H11FN2.C12H12N2.5Y/c1-13-15-9-5-6-10-16(15)17-18(13)11-12-19(17)14-7-3-2-4-8-14;1-9-10(2)16-11(3)12-7-5-6-8-13(12)14(16)15(9)4;1-7-9-5-8(13)6-10(14)11(9)12-15(2)3-4-16(7)12;1-8-11-7-9(13)3-4-10(11)12-14(2)5-6-15(8)12;1-9-10-5-3-4-6-11(10)12-13(2)7-8-14(9)12;;;;;/h2-12H,1H3;5-8H,1-4H3;3-6H,1-2H3;3-7H,1-2H3;3-8H,1-2H3;;;;;. The number of rotatable bonds is 1. The molecule has 0 aliphatic rings. The van der Waals surface area contributed by atoms with Crippen molar-refractivity contribution < 1.29 is 199 Å². The van der Waals surface area contributed by atoms with E-state index in [4.69, 9.17) is 0 Å². The number of benzene rings is 6. The fraction of sp³-hybridized carbons (Fsp3) is 0.164. The predicted molar refractivity (Wildman–Crippen MR) is 312 cm³/mol. The predicted octanol–water partition coefficient (Wildman–Crippen LogP) is 12.2. The molecule has 16 rings (SSSR count). The molecule has 10 aromatic heterocycles. The van der Waals surface area contributed by atoms with Crippen LogP contribution in [-0.2, 0) is 192 Å². The van der Waals surface area contributed by atoms with E-state index in [1.807, 2.05) is 78.4 Å². The molecule has 18 heteroatoms. The Kier molecular flexibility index (Phi) is 22.4. The van der Waals surface area contributed by atoms with E-state index >= 15 is 0 Å². The number of halogens is 3. The number of imidazole rings is 5. The molecule has 0 amide bonds. The van der Waals surface area contributed by atoms with Gasteiger partial charge in [0.05, 0.1) is 95.1 Å². The van der Waals surface area contributed by atoms with E-state index in [-0.39, 0.29) is 169 Å². The van der Waals surface area contributed by atoms with Crippen LogP contribution in [-0.4, -0.2) is 22.8 Å². The molecule has 0 atom stereocenters. The van der Waals surface area contributed by atoms with Gasteiger partial charge in [-0.2, -0.15) is 0 Å². The number of aromatic nitrogens is 10. The van der Waals surface area contributed by atoms with Gasteiger partial charge in [0.25, 0.3) is 0 Å². The first-order valence-electron chi connectivity index (χ1n) is 26.8. The van der Waals surface area contributed by atoms with Crippen molar-refractivity contribution in [2.45, 2.75) is 48.5 Å². The van der Waals surface area contributed by atoms with Gasteiger partial charge in [-0.05, 0) is 94.3 Å². The molecule has 0 saturated heterocycles. The average molecular weight is 1510 g/mol. The second-order valence-corrected chi connectivity index (χ2v) is 21.0. The van der Waals surface area contributed by atoms with Gasteiger partial charge in [-0.3, -0.25) is 22.7 Å². The summed E-state index contributed by atoms with van der Waals surface area (Å²) in [6, 6.07) is 43.5. The van der Waals surface area contributed by atoms with Crippen molar-refractivity contribution in [2.24, 2.45) is 28.2 Å². The van der Waals surface area contributed by atoms with Crippen LogP contribution in [0.25, 0.3) is 87.8 Å². The average Bonchev–Trinajstić information content (AvgIpc) is 4.31. The van der Waals surface area contributed by atoms with E-state index in [0.29, 0.717) is 10.8 Å². The van der Waals surface area contributed by atoms with Crippen molar-refractivity contribution in [3.63, 3.8) is 0 Å². The summed E-state index contributed by atoms with van der Waals surface area (Å²) in [5.41, 5.74) is 15.4. The Bertz CT molecular complexity index is 5040. The molecule has 0 spiro atoms. The summed E-state index contributed by atoms with van der Waals surface area (Å²) in [5, 5.41) is 11.2. The molecule has 0 aliphatic carbocycles. The first kappa shape index (κ1) is 68.5. The second-order valence-electron chi connectivity index (χ2n) is 21.0. The maximum Gasteiger partial charge on any atom is 0.201 e. The van der Waals surface area contributed by atoms with E-state index < -0.39 is 11.6 Å². The third-order valence-electron chi connectivity index (χ3n) is 16.5. The van der Waals surface area contributed by atoms with Crippen LogP contribution in [0.15, 0.2) is 183 Å². The van der Waals surface area contributed by atoms with E-state index in [1.54, 1.807) is 6.07 Å². The number of fused-ring (bicyclic) bond motifs is 15. The van der Waals surface area contributed by atoms with Crippen LogP contribution in [0, 0.1) is 65.9 Å². The molecule has 5 radical (unpaired) electrons. The zero-order valence-corrected chi connectivity index (χ0v) is 64.0. The monoisotopic (exact) mass is 1510 g/mol. The summed E-state index contributed by atoms with van der Waals surface area (Å²) in [5.74, 6) is -1.23. The van der Waals surface area contributed by atoms with Gasteiger partial charge < -0.3 is 17.6 Å². The third kappa shape index (κ3) is 11.9. The molecule has 0 unspecified atom stereocenters. The summed E-state index contributed by atoms with van der Waals surface area (Å²) in [6.45, 7) is 14.8. The summed E-state index contributed by atoms with van der Waals surface area (Å²) >= 11 is 0. The van der Waals surface area contributed by atoms with Crippen molar-refractivity contribution in [3.05, 3.63) is 240 Å². The number of hydrogen-bond donors (Lipinski definition) is 0. The zero-order valence-electron chi connectivity index (χ0n) is 49.8. The number of aryl methyl sites for hydroxylation is 10. The molecule has 16 aromatic rings. The number of para-hydroxylation sites is 1. The molecule has 0 bridgehead atoms. The summed E-state index contributed by atoms with van der Waals surface area (Å²) in [7, 11) is 8.07. The Hall–Kier alpha value is -3.97. The molecule has 0 aliphatic heterocycles. The van der Waals surface area contributed by atoms with Crippen molar-refractivity contribution in [1.82, 2.24) is 22.8 Å². The minimum absolute atomic E-state index is 0. The topological polar surface area (TPSA) is 45.1 Å². The van der Waals surface area contributed by atoms with Crippen LogP contribution in [0.3, 0.4) is 0 Å². The summed E-state index contributed by atoms with van der Waals surface area (Å²) in [6.07, 6.45) is 16.2. The Labute approximate surface area is 617 Å². The van der Waals surface area contributed by atoms with Crippen LogP contribution in [0.2, 0.25) is 0 Å². The van der Waals surface area contributed by atoms with Crippen LogP contribution >= 0.6 is 0 Å². The van der Waals surface area contributed by atoms with Crippen LogP contribution in [0.1, 0.15) is 39.9 Å². The summed E-state index contributed by atoms with van der Waals surface area (Å²) in [4.78, 5) is 0. The van der Waals surface area contributed by atoms with Crippen molar-refractivity contribution >= 4 is 82.1 Å². The van der Waals surface area contributed by atoms with E-state index in [2.05, 4.69) is 202 Å². The normalized spacial score (nSPS) is 10.9. The quantitative estimate of drug-likeness (QED) is 0.116. The van der Waals surface area contributed by atoms with Gasteiger partial charge in [0.2, 0.25) is 5.65 Å². The van der Waals surface area contributed by atoms with Gasteiger partial charge >= 0.3 is 0 Å². The second kappa shape index (κ2) is 27.8. The minimum atomic E-state index is -0.538. The Balaban J connectivity index is 0.000000151. The van der Waals surface area contributed by atoms with Gasteiger partial charge in [0.1, 0.15) is 17.2 Å². The molecule has 417 valence electrons. The fourth-order valence-electron chi connectivity index (χ4n) is 12.2. The van der Waals surface area contributed by atoms with Crippen LogP contribution in [0.5, 0.6) is 0 Å². The Morgan fingerprint density at radius 1 is 0.376 bits per heavy atom. The SMILES string of the molecule is C[c-]1c2cc(F)cc(F)c2c2n(C)cc[n+]21.C[c-]1c2cc(F)ccc2c2n(C)cc[n+]21.C[c-]1c2ccccc2c2n(-c3ccccc3)cc[n+]21.C[c-]1c2ccccc2c2n(C)cc[n+]21.Cc1c(C)[n+]2c(c3ccccc3[c-]2C)n1C.[Y].[Y].[Y].[Y].[Y]. The van der Waals surface area contributed by atoms with Gasteiger partial charge in [-0.1, -0.05) is 118 Å². The first-order valence-corrected chi connectivity index (χ1v) is 26.8. The molecular formula is C67H63F3N10Y5. The zero-order chi connectivity index (χ0) is 56.0. The number of nitrogens with zero attached hydrogens (tertiary/aromatic N) is 10. The van der Waals surface area contributed by atoms with Gasteiger partial charge in [0.15, 0.2) is 22.6 Å². The smallest absolute Gasteiger partial charge is 0.201 e. The molecule has 0 saturated carbocycles. The molecule has 0 fully saturated rings. The molecule has 10 heterocycles. The molecule has 85 heavy (non-hydrogen) atoms. The van der Waals surface area contributed by atoms with E-state index in [0.717, 1.165) is 39.5 Å². The summed E-state index contributed by atoms with van der Waals surface area (Å²) < 4.78 is 61.5. The molecular weight excluding hydrogens is 1450 g/mol. The maximum atomic E-state index is 13.8. The van der Waals surface area contributed by atoms with Crippen LogP contribution in [0.4, 0.5) is 13.2 Å². The fourth-order valence-corrected chi connectivity index (χ4v) is 12.2. The first-order chi connectivity index (χ1) is 38.5. The molecule has 0 N–H and O–H groups in total. The molecule has 10 nitrogen and oxygen atoms in total. The Morgan fingerprint density at radius 2 is 0.776 bits per heavy atom. The van der Waals surface area contributed by atoms with Gasteiger partial charge in [-0.25, -0.2) is 17.7 Å². The van der Waals surface area contributed by atoms with E-state index in [9.17, 15) is 13.2 Å². The van der Waals surface area contributed by atoms with Crippen LogP contribution < -0.4 is 22.0 Å². The van der Waals surface area contributed by atoms with Gasteiger partial charge in [0, 0.05) is 197 Å². The molecule has 6 aromatic carbocycles. The Morgan fingerprint density at radius 3 is 1.33 bits per heavy atom. The largest absolute Gasteiger partial charge is 0.302 e. The van der Waals surface area contributed by atoms with Gasteiger partial charge in [-0.15, -0.1) is 18.2 Å². The van der Waals surface area contributed by atoms with Crippen molar-refractivity contribution in [3.8, 4) is 5.69 Å². The van der Waals surface area contributed by atoms with Crippen molar-refractivity contribution in [2.75, 3.05) is 0 Å². The van der Waals surface area contributed by atoms with Crippen molar-refractivity contribution in [1.29, 1.82) is 0 Å². The van der Waals surface area contributed by atoms with E-state index in [1.165, 1.54) is 95.5 Å². The number of hydrogen-bond acceptors (Lipinski definition) is 0.